The Kier molecular flexibility index (Phi) is 5.79. The predicted octanol–water partition coefficient (Wildman–Crippen LogP) is 4.01. The van der Waals surface area contributed by atoms with Crippen molar-refractivity contribution in [1.29, 1.82) is 0 Å². The lowest BCUT2D eigenvalue weighted by Crippen LogP contribution is -2.24. The van der Waals surface area contributed by atoms with Gasteiger partial charge < -0.3 is 25.2 Å². The van der Waals surface area contributed by atoms with Gasteiger partial charge in [0, 0.05) is 12.1 Å². The van der Waals surface area contributed by atoms with Gasteiger partial charge in [0.15, 0.2) is 11.5 Å². The van der Waals surface area contributed by atoms with E-state index in [4.69, 9.17) is 26.2 Å². The highest BCUT2D eigenvalue weighted by Crippen LogP contribution is 2.33. The molecule has 2 amide bonds. The van der Waals surface area contributed by atoms with Crippen LogP contribution in [-0.4, -0.2) is 29.7 Å². The molecule has 0 saturated carbocycles. The van der Waals surface area contributed by atoms with E-state index in [0.29, 0.717) is 20.8 Å². The monoisotopic (exact) mass is 458 g/mol. The van der Waals surface area contributed by atoms with Crippen molar-refractivity contribution in [2.45, 2.75) is 6.54 Å². The zero-order chi connectivity index (χ0) is 22.0. The molecule has 0 spiro atoms. The molecule has 3 N–H and O–H groups in total. The van der Waals surface area contributed by atoms with Crippen molar-refractivity contribution < 1.29 is 29.0 Å². The third-order valence-electron chi connectivity index (χ3n) is 4.46. The molecule has 0 unspecified atom stereocenters. The summed E-state index contributed by atoms with van der Waals surface area (Å²) in [6.45, 7) is 0.410. The summed E-state index contributed by atoms with van der Waals surface area (Å²) in [7, 11) is 0. The average molecular weight is 459 g/mol. The number of nitrogens with one attached hydrogen (secondary N) is 2. The molecule has 0 radical (unpaired) electrons. The second-order valence-corrected chi connectivity index (χ2v) is 8.18. The van der Waals surface area contributed by atoms with Crippen LogP contribution < -0.4 is 20.1 Å². The Bertz CT molecular complexity index is 1180. The Morgan fingerprint density at radius 2 is 1.68 bits per heavy atom. The van der Waals surface area contributed by atoms with Crippen molar-refractivity contribution in [3.8, 4) is 11.5 Å². The molecular formula is C21H15ClN2O6S. The minimum Gasteiger partial charge on any atom is -0.478 e. The normalized spacial score (nSPS) is 11.8. The summed E-state index contributed by atoms with van der Waals surface area (Å²) in [6, 6.07) is 12.3. The van der Waals surface area contributed by atoms with Gasteiger partial charge in [0.2, 0.25) is 6.79 Å². The van der Waals surface area contributed by atoms with Crippen LogP contribution in [0.25, 0.3) is 0 Å². The molecule has 2 aromatic carbocycles. The van der Waals surface area contributed by atoms with E-state index in [9.17, 15) is 14.4 Å². The van der Waals surface area contributed by atoms with Gasteiger partial charge in [0.05, 0.1) is 15.5 Å². The first kappa shape index (κ1) is 20.7. The number of hydrogen-bond acceptors (Lipinski definition) is 6. The number of rotatable bonds is 6. The third kappa shape index (κ3) is 4.62. The van der Waals surface area contributed by atoms with Gasteiger partial charge in [-0.15, -0.1) is 11.3 Å². The van der Waals surface area contributed by atoms with Gasteiger partial charge in [-0.25, -0.2) is 4.79 Å². The van der Waals surface area contributed by atoms with Gasteiger partial charge in [-0.05, 0) is 48.0 Å². The molecule has 0 saturated heterocycles. The van der Waals surface area contributed by atoms with Crippen LogP contribution in [0.5, 0.6) is 11.5 Å². The van der Waals surface area contributed by atoms with E-state index in [1.807, 2.05) is 6.07 Å². The van der Waals surface area contributed by atoms with E-state index in [1.54, 1.807) is 12.1 Å². The molecule has 0 aliphatic carbocycles. The molecule has 0 atom stereocenters. The summed E-state index contributed by atoms with van der Waals surface area (Å²) in [5, 5.41) is 14.7. The summed E-state index contributed by atoms with van der Waals surface area (Å²) >= 11 is 7.12. The third-order valence-corrected chi connectivity index (χ3v) is 5.64. The summed E-state index contributed by atoms with van der Waals surface area (Å²) < 4.78 is 10.9. The number of benzene rings is 2. The van der Waals surface area contributed by atoms with Gasteiger partial charge in [0.1, 0.15) is 5.00 Å². The summed E-state index contributed by atoms with van der Waals surface area (Å²) in [4.78, 5) is 36.1. The molecule has 158 valence electrons. The highest BCUT2D eigenvalue weighted by Gasteiger charge is 2.19. The molecule has 0 fully saturated rings. The van der Waals surface area contributed by atoms with Gasteiger partial charge in [-0.1, -0.05) is 17.7 Å². The molecule has 1 aliphatic rings. The lowest BCUT2D eigenvalue weighted by molar-refractivity contribution is 0.0696. The highest BCUT2D eigenvalue weighted by atomic mass is 35.5. The number of fused-ring (bicyclic) bond motifs is 1. The largest absolute Gasteiger partial charge is 0.478 e. The number of amides is 2. The quantitative estimate of drug-likeness (QED) is 0.514. The van der Waals surface area contributed by atoms with Crippen molar-refractivity contribution in [2.75, 3.05) is 12.1 Å². The maximum Gasteiger partial charge on any atom is 0.335 e. The number of carboxylic acid groups (broad SMARTS) is 1. The number of halogens is 1. The number of anilines is 1. The van der Waals surface area contributed by atoms with Crippen LogP contribution in [0.2, 0.25) is 4.34 Å². The van der Waals surface area contributed by atoms with Crippen molar-refractivity contribution in [3.63, 3.8) is 0 Å². The minimum atomic E-state index is -1.08. The van der Waals surface area contributed by atoms with Crippen LogP contribution in [0.4, 0.5) is 5.00 Å². The molecule has 10 heteroatoms. The molecule has 8 nitrogen and oxygen atoms in total. The standard InChI is InChI=1S/C21H15ClN2O6S/c22-17-8-14(19(26)23-9-11-1-6-15-16(7-11)30-10-29-15)20(31-17)24-18(25)12-2-4-13(5-3-12)21(27)28/h1-8H,9-10H2,(H,23,26)(H,24,25)(H,27,28). The van der Waals surface area contributed by atoms with Crippen LogP contribution >= 0.6 is 22.9 Å². The minimum absolute atomic E-state index is 0.0688. The summed E-state index contributed by atoms with van der Waals surface area (Å²) in [5.74, 6) is -0.704. The molecule has 3 aromatic rings. The Balaban J connectivity index is 1.44. The number of carbonyl (C=O) groups is 3. The van der Waals surface area contributed by atoms with Crippen LogP contribution in [0.15, 0.2) is 48.5 Å². The topological polar surface area (TPSA) is 114 Å². The Hall–Kier alpha value is -3.56. The molecule has 2 heterocycles. The maximum absolute atomic E-state index is 12.7. The number of aromatic carboxylic acids is 1. The summed E-state index contributed by atoms with van der Waals surface area (Å²) in [6.07, 6.45) is 0. The zero-order valence-corrected chi connectivity index (χ0v) is 17.4. The Labute approximate surface area is 185 Å². The van der Waals surface area contributed by atoms with Crippen LogP contribution in [0.1, 0.15) is 36.6 Å². The van der Waals surface area contributed by atoms with E-state index in [-0.39, 0.29) is 30.0 Å². The number of hydrogen-bond donors (Lipinski definition) is 3. The van der Waals surface area contributed by atoms with Crippen LogP contribution in [-0.2, 0) is 6.54 Å². The van der Waals surface area contributed by atoms with E-state index >= 15 is 0 Å². The fourth-order valence-corrected chi connectivity index (χ4v) is 4.01. The predicted molar refractivity (Wildman–Crippen MR) is 114 cm³/mol. The first-order valence-corrected chi connectivity index (χ1v) is 10.2. The van der Waals surface area contributed by atoms with Crippen molar-refractivity contribution in [3.05, 3.63) is 75.1 Å². The molecule has 31 heavy (non-hydrogen) atoms. The smallest absolute Gasteiger partial charge is 0.335 e. The molecular weight excluding hydrogens is 444 g/mol. The number of ether oxygens (including phenoxy) is 2. The van der Waals surface area contributed by atoms with Crippen LogP contribution in [0, 0.1) is 0 Å². The fourth-order valence-electron chi connectivity index (χ4n) is 2.89. The second kappa shape index (κ2) is 8.66. The van der Waals surface area contributed by atoms with Gasteiger partial charge in [-0.2, -0.15) is 0 Å². The summed E-state index contributed by atoms with van der Waals surface area (Å²) in [5.41, 5.74) is 1.37. The van der Waals surface area contributed by atoms with Crippen molar-refractivity contribution in [2.24, 2.45) is 0 Å². The van der Waals surface area contributed by atoms with Gasteiger partial charge >= 0.3 is 5.97 Å². The number of thiophene rings is 1. The van der Waals surface area contributed by atoms with Crippen LogP contribution in [0.3, 0.4) is 0 Å². The van der Waals surface area contributed by atoms with Crippen molar-refractivity contribution in [1.82, 2.24) is 5.32 Å². The Morgan fingerprint density at radius 3 is 2.42 bits per heavy atom. The highest BCUT2D eigenvalue weighted by molar-refractivity contribution is 7.20. The zero-order valence-electron chi connectivity index (χ0n) is 15.8. The number of carboxylic acids is 1. The first-order chi connectivity index (χ1) is 14.9. The van der Waals surface area contributed by atoms with E-state index in [2.05, 4.69) is 10.6 Å². The molecule has 1 aliphatic heterocycles. The van der Waals surface area contributed by atoms with E-state index in [0.717, 1.165) is 16.9 Å². The lowest BCUT2D eigenvalue weighted by atomic mass is 10.1. The molecule has 1 aromatic heterocycles. The van der Waals surface area contributed by atoms with Gasteiger partial charge in [0.25, 0.3) is 11.8 Å². The second-order valence-electron chi connectivity index (χ2n) is 6.50. The fraction of sp³-hybridized carbons (Fsp3) is 0.0952. The van der Waals surface area contributed by atoms with Gasteiger partial charge in [-0.3, -0.25) is 9.59 Å². The maximum atomic E-state index is 12.7. The first-order valence-electron chi connectivity index (χ1n) is 9.01. The van der Waals surface area contributed by atoms with E-state index < -0.39 is 17.8 Å². The Morgan fingerprint density at radius 1 is 0.968 bits per heavy atom. The molecule has 4 rings (SSSR count). The SMILES string of the molecule is O=C(O)c1ccc(C(=O)Nc2sc(Cl)cc2C(=O)NCc2ccc3c(c2)OCO3)cc1. The number of carbonyl (C=O) groups excluding carboxylic acids is 2. The lowest BCUT2D eigenvalue weighted by Gasteiger charge is -2.08. The molecule has 0 bridgehead atoms. The van der Waals surface area contributed by atoms with E-state index in [1.165, 1.54) is 30.3 Å². The van der Waals surface area contributed by atoms with Crippen molar-refractivity contribution >= 4 is 45.7 Å². The average Bonchev–Trinajstić information content (AvgIpc) is 3.37.